The molecule has 4 rings (SSSR count). The van der Waals surface area contributed by atoms with Crippen molar-refractivity contribution < 1.29 is 28.9 Å². The molecule has 1 fully saturated rings. The number of ether oxygens (including phenoxy) is 3. The fourth-order valence-corrected chi connectivity index (χ4v) is 4.34. The topological polar surface area (TPSA) is 85.3 Å². The number of hydrogen-bond acceptors (Lipinski definition) is 6. The van der Waals surface area contributed by atoms with Gasteiger partial charge in [-0.05, 0) is 42.8 Å². The number of nitrogens with zero attached hydrogens (tertiary/aromatic N) is 1. The van der Waals surface area contributed by atoms with Crippen molar-refractivity contribution >= 4 is 34.7 Å². The number of benzene rings is 3. The highest BCUT2D eigenvalue weighted by molar-refractivity contribution is 6.51. The van der Waals surface area contributed by atoms with Crippen molar-refractivity contribution in [1.29, 1.82) is 0 Å². The van der Waals surface area contributed by atoms with E-state index in [4.69, 9.17) is 25.8 Å². The van der Waals surface area contributed by atoms with E-state index < -0.39 is 23.5 Å². The molecule has 0 aromatic heterocycles. The summed E-state index contributed by atoms with van der Waals surface area (Å²) in [6, 6.07) is 18.0. The minimum atomic E-state index is -0.875. The SMILES string of the molecule is CCOc1ccc(N2C(=O)C(=O)/C(=C(/O)c3cc(OC)c(Cl)cc3OC)C2c2ccccc2)cc1. The van der Waals surface area contributed by atoms with Crippen LogP contribution in [0.4, 0.5) is 5.69 Å². The molecule has 0 saturated carbocycles. The van der Waals surface area contributed by atoms with Crippen LogP contribution in [0.15, 0.2) is 72.3 Å². The summed E-state index contributed by atoms with van der Waals surface area (Å²) < 4.78 is 16.2. The molecule has 180 valence electrons. The molecule has 1 N–H and O–H groups in total. The quantitative estimate of drug-likeness (QED) is 0.270. The van der Waals surface area contributed by atoms with Gasteiger partial charge in [0.05, 0.1) is 43.0 Å². The Bertz CT molecular complexity index is 1290. The molecule has 1 aliphatic rings. The van der Waals surface area contributed by atoms with Crippen molar-refractivity contribution in [3.8, 4) is 17.2 Å². The lowest BCUT2D eigenvalue weighted by atomic mass is 9.94. The van der Waals surface area contributed by atoms with Gasteiger partial charge in [0.15, 0.2) is 0 Å². The Morgan fingerprint density at radius 3 is 2.23 bits per heavy atom. The van der Waals surface area contributed by atoms with Crippen molar-refractivity contribution in [2.24, 2.45) is 0 Å². The molecule has 0 radical (unpaired) electrons. The van der Waals surface area contributed by atoms with Gasteiger partial charge in [-0.15, -0.1) is 0 Å². The van der Waals surface area contributed by atoms with Gasteiger partial charge in [0.1, 0.15) is 23.0 Å². The second-order valence-corrected chi connectivity index (χ2v) is 8.10. The standard InChI is InChI=1S/C27H24ClNO6/c1-4-35-18-12-10-17(11-13-18)29-24(16-8-6-5-7-9-16)23(26(31)27(29)32)25(30)19-14-22(34-3)20(28)15-21(19)33-2/h5-15,24,30H,4H2,1-3H3/b25-23+. The number of aliphatic hydroxyl groups excluding tert-OH is 1. The third-order valence-electron chi connectivity index (χ3n) is 5.71. The van der Waals surface area contributed by atoms with E-state index in [0.717, 1.165) is 0 Å². The number of carbonyl (C=O) groups is 2. The lowest BCUT2D eigenvalue weighted by molar-refractivity contribution is -0.132. The summed E-state index contributed by atoms with van der Waals surface area (Å²) in [5, 5.41) is 11.7. The van der Waals surface area contributed by atoms with Crippen LogP contribution < -0.4 is 19.1 Å². The van der Waals surface area contributed by atoms with E-state index in [1.165, 1.54) is 31.3 Å². The fraction of sp³-hybridized carbons (Fsp3) is 0.185. The summed E-state index contributed by atoms with van der Waals surface area (Å²) in [5.74, 6) is -0.816. The van der Waals surface area contributed by atoms with E-state index in [0.29, 0.717) is 23.6 Å². The molecule has 1 heterocycles. The second-order valence-electron chi connectivity index (χ2n) is 7.69. The molecule has 3 aromatic carbocycles. The Hall–Kier alpha value is -3.97. The van der Waals surface area contributed by atoms with E-state index in [1.54, 1.807) is 48.5 Å². The number of anilines is 1. The van der Waals surface area contributed by atoms with Gasteiger partial charge in [-0.2, -0.15) is 0 Å². The largest absolute Gasteiger partial charge is 0.507 e. The van der Waals surface area contributed by atoms with Crippen LogP contribution in [-0.4, -0.2) is 37.6 Å². The van der Waals surface area contributed by atoms with Crippen molar-refractivity contribution in [3.63, 3.8) is 0 Å². The Balaban J connectivity index is 1.93. The van der Waals surface area contributed by atoms with Gasteiger partial charge in [0.2, 0.25) is 0 Å². The van der Waals surface area contributed by atoms with Gasteiger partial charge in [0.25, 0.3) is 11.7 Å². The molecule has 1 unspecified atom stereocenters. The van der Waals surface area contributed by atoms with Crippen LogP contribution in [0.5, 0.6) is 17.2 Å². The highest BCUT2D eigenvalue weighted by Gasteiger charge is 2.47. The molecule has 0 spiro atoms. The average Bonchev–Trinajstić information content (AvgIpc) is 3.15. The maximum atomic E-state index is 13.3. The van der Waals surface area contributed by atoms with E-state index in [2.05, 4.69) is 0 Å². The summed E-state index contributed by atoms with van der Waals surface area (Å²) in [4.78, 5) is 28.0. The predicted octanol–water partition coefficient (Wildman–Crippen LogP) is 5.38. The number of halogens is 1. The molecule has 8 heteroatoms. The predicted molar refractivity (Wildman–Crippen MR) is 133 cm³/mol. The number of methoxy groups -OCH3 is 2. The number of Topliss-reactive ketones (excluding diaryl/α,β-unsaturated/α-hetero) is 1. The van der Waals surface area contributed by atoms with Gasteiger partial charge < -0.3 is 19.3 Å². The van der Waals surface area contributed by atoms with Crippen molar-refractivity contribution in [2.75, 3.05) is 25.7 Å². The third kappa shape index (κ3) is 4.42. The first kappa shape index (κ1) is 24.2. The Morgan fingerprint density at radius 1 is 0.971 bits per heavy atom. The van der Waals surface area contributed by atoms with Crippen LogP contribution in [0.25, 0.3) is 5.76 Å². The monoisotopic (exact) mass is 493 g/mol. The lowest BCUT2D eigenvalue weighted by Crippen LogP contribution is -2.29. The summed E-state index contributed by atoms with van der Waals surface area (Å²) in [7, 11) is 2.86. The number of hydrogen-bond donors (Lipinski definition) is 1. The summed E-state index contributed by atoms with van der Waals surface area (Å²) in [5.41, 5.74) is 1.25. The number of amides is 1. The molecule has 1 aliphatic heterocycles. The molecule has 1 saturated heterocycles. The van der Waals surface area contributed by atoms with Crippen LogP contribution in [0, 0.1) is 0 Å². The highest BCUT2D eigenvalue weighted by atomic mass is 35.5. The van der Waals surface area contributed by atoms with Crippen molar-refractivity contribution in [3.05, 3.63) is 88.5 Å². The van der Waals surface area contributed by atoms with Crippen molar-refractivity contribution in [1.82, 2.24) is 0 Å². The Morgan fingerprint density at radius 2 is 1.63 bits per heavy atom. The minimum absolute atomic E-state index is 0.0715. The maximum absolute atomic E-state index is 13.3. The molecule has 0 bridgehead atoms. The average molecular weight is 494 g/mol. The normalized spacial score (nSPS) is 16.9. The first-order chi connectivity index (χ1) is 16.9. The molecule has 1 atom stereocenters. The molecule has 35 heavy (non-hydrogen) atoms. The molecule has 7 nitrogen and oxygen atoms in total. The zero-order valence-corrected chi connectivity index (χ0v) is 20.2. The number of rotatable bonds is 7. The van der Waals surface area contributed by atoms with E-state index in [1.807, 2.05) is 13.0 Å². The smallest absolute Gasteiger partial charge is 0.300 e. The molecule has 0 aliphatic carbocycles. The van der Waals surface area contributed by atoms with Crippen molar-refractivity contribution in [2.45, 2.75) is 13.0 Å². The zero-order valence-electron chi connectivity index (χ0n) is 19.4. The van der Waals surface area contributed by atoms with Crippen LogP contribution in [0.3, 0.4) is 0 Å². The zero-order chi connectivity index (χ0) is 25.1. The minimum Gasteiger partial charge on any atom is -0.507 e. The molecular formula is C27H24ClNO6. The van der Waals surface area contributed by atoms with Gasteiger partial charge in [-0.3, -0.25) is 14.5 Å². The summed E-state index contributed by atoms with van der Waals surface area (Å²) in [6.07, 6.45) is 0. The maximum Gasteiger partial charge on any atom is 0.300 e. The first-order valence-electron chi connectivity index (χ1n) is 10.9. The van der Waals surface area contributed by atoms with E-state index in [9.17, 15) is 14.7 Å². The third-order valence-corrected chi connectivity index (χ3v) is 6.01. The second kappa shape index (κ2) is 10.1. The highest BCUT2D eigenvalue weighted by Crippen LogP contribution is 2.44. The Kier molecular flexibility index (Phi) is 6.98. The van der Waals surface area contributed by atoms with Crippen LogP contribution in [0.1, 0.15) is 24.1 Å². The number of aliphatic hydroxyl groups is 1. The van der Waals surface area contributed by atoms with E-state index >= 15 is 0 Å². The van der Waals surface area contributed by atoms with Gasteiger partial charge >= 0.3 is 0 Å². The fourth-order valence-electron chi connectivity index (χ4n) is 4.11. The lowest BCUT2D eigenvalue weighted by Gasteiger charge is -2.25. The molecule has 3 aromatic rings. The summed E-state index contributed by atoms with van der Waals surface area (Å²) >= 11 is 6.22. The number of ketones is 1. The van der Waals surface area contributed by atoms with E-state index in [-0.39, 0.29) is 27.7 Å². The first-order valence-corrected chi connectivity index (χ1v) is 11.3. The van der Waals surface area contributed by atoms with Crippen LogP contribution in [0.2, 0.25) is 5.02 Å². The Labute approximate surface area is 208 Å². The molecular weight excluding hydrogens is 470 g/mol. The molecule has 1 amide bonds. The number of carbonyl (C=O) groups excluding carboxylic acids is 2. The van der Waals surface area contributed by atoms with Gasteiger partial charge in [-0.1, -0.05) is 41.9 Å². The van der Waals surface area contributed by atoms with Gasteiger partial charge in [-0.25, -0.2) is 0 Å². The van der Waals surface area contributed by atoms with Crippen LogP contribution in [-0.2, 0) is 9.59 Å². The van der Waals surface area contributed by atoms with Gasteiger partial charge in [0, 0.05) is 11.8 Å². The summed E-state index contributed by atoms with van der Waals surface area (Å²) in [6.45, 7) is 2.38. The van der Waals surface area contributed by atoms with Crippen LogP contribution >= 0.6 is 11.6 Å².